The van der Waals surface area contributed by atoms with Crippen molar-refractivity contribution in [1.82, 2.24) is 15.0 Å². The third-order valence-electron chi connectivity index (χ3n) is 2.08. The van der Waals surface area contributed by atoms with E-state index in [2.05, 4.69) is 27.2 Å². The van der Waals surface area contributed by atoms with Crippen molar-refractivity contribution in [3.63, 3.8) is 0 Å². The molecule has 2 heterocycles. The van der Waals surface area contributed by atoms with Crippen LogP contribution in [0.3, 0.4) is 0 Å². The fraction of sp³-hybridized carbons (Fsp3) is 0.250. The largest absolute Gasteiger partial charge is 0.354 e. The molecular formula is C12H13ClN4S. The summed E-state index contributed by atoms with van der Waals surface area (Å²) in [5, 5.41) is 5.24. The van der Waals surface area contributed by atoms with Crippen molar-refractivity contribution in [3.05, 3.63) is 35.6 Å². The summed E-state index contributed by atoms with van der Waals surface area (Å²) in [6.45, 7) is 2.93. The standard InChI is InChI=1S/C12H13ClN4S/c1-2-6-15-12-16-8-9(13)11(17-12)18-10-5-3-4-7-14-10/h3-5,7-8H,2,6H2,1H3,(H,15,16,17). The van der Waals surface area contributed by atoms with E-state index < -0.39 is 0 Å². The summed E-state index contributed by atoms with van der Waals surface area (Å²) in [5.41, 5.74) is 0. The van der Waals surface area contributed by atoms with Crippen LogP contribution in [0.4, 0.5) is 5.95 Å². The maximum Gasteiger partial charge on any atom is 0.223 e. The molecule has 0 atom stereocenters. The molecule has 0 saturated carbocycles. The third-order valence-corrected chi connectivity index (χ3v) is 3.43. The Morgan fingerprint density at radius 1 is 1.33 bits per heavy atom. The average Bonchev–Trinajstić information content (AvgIpc) is 2.41. The fourth-order valence-corrected chi connectivity index (χ4v) is 2.20. The maximum atomic E-state index is 6.08. The molecule has 0 aliphatic heterocycles. The highest BCUT2D eigenvalue weighted by Crippen LogP contribution is 2.30. The van der Waals surface area contributed by atoms with E-state index in [-0.39, 0.29) is 0 Å². The van der Waals surface area contributed by atoms with Crippen LogP contribution >= 0.6 is 23.4 Å². The molecule has 4 nitrogen and oxygen atoms in total. The zero-order valence-corrected chi connectivity index (χ0v) is 11.5. The zero-order chi connectivity index (χ0) is 12.8. The van der Waals surface area contributed by atoms with E-state index in [1.807, 2.05) is 18.2 Å². The third kappa shape index (κ3) is 3.58. The highest BCUT2D eigenvalue weighted by molar-refractivity contribution is 7.99. The van der Waals surface area contributed by atoms with E-state index in [1.165, 1.54) is 11.8 Å². The lowest BCUT2D eigenvalue weighted by molar-refractivity contribution is 0.934. The molecule has 0 aliphatic rings. The smallest absolute Gasteiger partial charge is 0.223 e. The van der Waals surface area contributed by atoms with Crippen molar-refractivity contribution in [1.29, 1.82) is 0 Å². The van der Waals surface area contributed by atoms with Gasteiger partial charge in [-0.05, 0) is 30.3 Å². The topological polar surface area (TPSA) is 50.7 Å². The number of pyridine rings is 1. The van der Waals surface area contributed by atoms with Crippen LogP contribution in [0, 0.1) is 0 Å². The van der Waals surface area contributed by atoms with E-state index in [0.717, 1.165) is 18.0 Å². The Hall–Kier alpha value is -1.33. The minimum Gasteiger partial charge on any atom is -0.354 e. The van der Waals surface area contributed by atoms with E-state index >= 15 is 0 Å². The molecule has 94 valence electrons. The second-order valence-corrected chi connectivity index (χ2v) is 4.96. The molecule has 0 fully saturated rings. The summed E-state index contributed by atoms with van der Waals surface area (Å²) in [4.78, 5) is 12.7. The van der Waals surface area contributed by atoms with Gasteiger partial charge in [0.1, 0.15) is 10.1 Å². The molecule has 2 aromatic heterocycles. The molecule has 2 rings (SSSR count). The van der Waals surface area contributed by atoms with Crippen LogP contribution in [0.25, 0.3) is 0 Å². The average molecular weight is 281 g/mol. The van der Waals surface area contributed by atoms with Crippen LogP contribution in [0.15, 0.2) is 40.6 Å². The summed E-state index contributed by atoms with van der Waals surface area (Å²) in [5.74, 6) is 0.597. The number of anilines is 1. The molecule has 0 amide bonds. The van der Waals surface area contributed by atoms with E-state index in [1.54, 1.807) is 12.4 Å². The molecule has 0 spiro atoms. The molecule has 0 radical (unpaired) electrons. The molecule has 2 aromatic rings. The Bertz CT molecular complexity index is 507. The summed E-state index contributed by atoms with van der Waals surface area (Å²) >= 11 is 7.51. The minimum atomic E-state index is 0.535. The van der Waals surface area contributed by atoms with E-state index in [0.29, 0.717) is 16.0 Å². The van der Waals surface area contributed by atoms with Crippen molar-refractivity contribution in [3.8, 4) is 0 Å². The van der Waals surface area contributed by atoms with Crippen molar-refractivity contribution in [2.24, 2.45) is 0 Å². The number of rotatable bonds is 5. The number of hydrogen-bond donors (Lipinski definition) is 1. The number of nitrogens with zero attached hydrogens (tertiary/aromatic N) is 3. The van der Waals surface area contributed by atoms with E-state index in [4.69, 9.17) is 11.6 Å². The Morgan fingerprint density at radius 2 is 2.22 bits per heavy atom. The van der Waals surface area contributed by atoms with Gasteiger partial charge in [0.25, 0.3) is 0 Å². The van der Waals surface area contributed by atoms with Gasteiger partial charge >= 0.3 is 0 Å². The second-order valence-electron chi connectivity index (χ2n) is 3.54. The number of hydrogen-bond acceptors (Lipinski definition) is 5. The fourth-order valence-electron chi connectivity index (χ4n) is 1.25. The highest BCUT2D eigenvalue weighted by Gasteiger charge is 2.07. The number of halogens is 1. The normalized spacial score (nSPS) is 10.3. The summed E-state index contributed by atoms with van der Waals surface area (Å²) in [7, 11) is 0. The van der Waals surface area contributed by atoms with Crippen LogP contribution in [-0.2, 0) is 0 Å². The minimum absolute atomic E-state index is 0.535. The molecule has 0 saturated heterocycles. The SMILES string of the molecule is CCCNc1ncc(Cl)c(Sc2ccccn2)n1. The highest BCUT2D eigenvalue weighted by atomic mass is 35.5. The zero-order valence-electron chi connectivity index (χ0n) is 9.93. The molecular weight excluding hydrogens is 268 g/mol. The molecule has 6 heteroatoms. The lowest BCUT2D eigenvalue weighted by atomic mass is 10.5. The summed E-state index contributed by atoms with van der Waals surface area (Å²) < 4.78 is 0. The van der Waals surface area contributed by atoms with E-state index in [9.17, 15) is 0 Å². The van der Waals surface area contributed by atoms with Crippen LogP contribution in [0.5, 0.6) is 0 Å². The van der Waals surface area contributed by atoms with Crippen molar-refractivity contribution in [2.45, 2.75) is 23.4 Å². The van der Waals surface area contributed by atoms with Crippen molar-refractivity contribution < 1.29 is 0 Å². The Kier molecular flexibility index (Phi) is 4.78. The maximum absolute atomic E-state index is 6.08. The Balaban J connectivity index is 2.16. The Morgan fingerprint density at radius 3 is 2.94 bits per heavy atom. The monoisotopic (exact) mass is 280 g/mol. The van der Waals surface area contributed by atoms with Gasteiger partial charge in [0.2, 0.25) is 5.95 Å². The predicted molar refractivity (Wildman–Crippen MR) is 74.2 cm³/mol. The lowest BCUT2D eigenvalue weighted by Gasteiger charge is -2.06. The van der Waals surface area contributed by atoms with Crippen molar-refractivity contribution in [2.75, 3.05) is 11.9 Å². The summed E-state index contributed by atoms with van der Waals surface area (Å²) in [6, 6.07) is 5.72. The molecule has 1 N–H and O–H groups in total. The molecule has 0 aromatic carbocycles. The van der Waals surface area contributed by atoms with Gasteiger partial charge in [0, 0.05) is 12.7 Å². The van der Waals surface area contributed by atoms with Crippen LogP contribution in [-0.4, -0.2) is 21.5 Å². The van der Waals surface area contributed by atoms with Gasteiger partial charge in [-0.15, -0.1) is 0 Å². The van der Waals surface area contributed by atoms with Gasteiger partial charge in [0.05, 0.1) is 11.2 Å². The van der Waals surface area contributed by atoms with Gasteiger partial charge < -0.3 is 5.32 Å². The number of nitrogens with one attached hydrogen (secondary N) is 1. The van der Waals surface area contributed by atoms with Gasteiger partial charge in [-0.2, -0.15) is 0 Å². The molecule has 0 bridgehead atoms. The first-order chi connectivity index (χ1) is 8.79. The summed E-state index contributed by atoms with van der Waals surface area (Å²) in [6.07, 6.45) is 4.38. The quantitative estimate of drug-likeness (QED) is 0.850. The second kappa shape index (κ2) is 6.56. The van der Waals surface area contributed by atoms with Crippen LogP contribution in [0.1, 0.15) is 13.3 Å². The van der Waals surface area contributed by atoms with Gasteiger partial charge in [-0.3, -0.25) is 0 Å². The Labute approximate surface area is 115 Å². The molecule has 18 heavy (non-hydrogen) atoms. The first-order valence-corrected chi connectivity index (χ1v) is 6.84. The van der Waals surface area contributed by atoms with Crippen LogP contribution < -0.4 is 5.32 Å². The van der Waals surface area contributed by atoms with Crippen LogP contribution in [0.2, 0.25) is 5.02 Å². The lowest BCUT2D eigenvalue weighted by Crippen LogP contribution is -2.04. The first-order valence-electron chi connectivity index (χ1n) is 5.65. The van der Waals surface area contributed by atoms with Crippen molar-refractivity contribution >= 4 is 29.3 Å². The predicted octanol–water partition coefficient (Wildman–Crippen LogP) is 3.50. The van der Waals surface area contributed by atoms with Gasteiger partial charge in [0.15, 0.2) is 0 Å². The first kappa shape index (κ1) is 13.1. The molecule has 0 aliphatic carbocycles. The van der Waals surface area contributed by atoms with Gasteiger partial charge in [-0.25, -0.2) is 15.0 Å². The number of aromatic nitrogens is 3. The molecule has 0 unspecified atom stereocenters. The van der Waals surface area contributed by atoms with Gasteiger partial charge in [-0.1, -0.05) is 24.6 Å².